The lowest BCUT2D eigenvalue weighted by molar-refractivity contribution is 0.0881. The minimum absolute atomic E-state index is 0.0712. The summed E-state index contributed by atoms with van der Waals surface area (Å²) in [6.07, 6.45) is 2.24. The largest absolute Gasteiger partial charge is 0.459 e. The minimum atomic E-state index is -3.60. The van der Waals surface area contributed by atoms with Crippen LogP contribution in [0.1, 0.15) is 23.9 Å². The molecular formula is C19H25N3O5S. The number of carbonyl (C=O) groups excluding carboxylic acids is 1. The van der Waals surface area contributed by atoms with Crippen LogP contribution < -0.4 is 5.32 Å². The van der Waals surface area contributed by atoms with Crippen LogP contribution >= 0.6 is 0 Å². The number of aliphatic hydroxyl groups excluding tert-OH is 1. The summed E-state index contributed by atoms with van der Waals surface area (Å²) in [4.78, 5) is 14.3. The van der Waals surface area contributed by atoms with E-state index in [4.69, 9.17) is 4.42 Å². The van der Waals surface area contributed by atoms with Crippen LogP contribution in [0.4, 0.5) is 5.69 Å². The smallest absolute Gasteiger partial charge is 0.291 e. The van der Waals surface area contributed by atoms with Gasteiger partial charge in [0.25, 0.3) is 5.91 Å². The van der Waals surface area contributed by atoms with Gasteiger partial charge in [-0.2, -0.15) is 4.31 Å². The standard InChI is InChI=1S/C19H25N3O5S/c1-2-16(14-23)21-9-11-22(12-10-21)28(25,26)17-7-5-15(6-8-17)20-19(24)18-4-3-13-27-18/h3-8,13,16,23H,2,9-12,14H2,1H3,(H,20,24). The Kier molecular flexibility index (Phi) is 6.50. The van der Waals surface area contributed by atoms with Crippen LogP contribution in [0.25, 0.3) is 0 Å². The number of hydrogen-bond acceptors (Lipinski definition) is 6. The van der Waals surface area contributed by atoms with E-state index in [9.17, 15) is 18.3 Å². The van der Waals surface area contributed by atoms with E-state index in [1.54, 1.807) is 24.3 Å². The van der Waals surface area contributed by atoms with E-state index in [-0.39, 0.29) is 23.3 Å². The molecule has 0 saturated carbocycles. The molecule has 1 atom stereocenters. The van der Waals surface area contributed by atoms with Crippen molar-refractivity contribution in [2.75, 3.05) is 38.1 Å². The third-order valence-electron chi connectivity index (χ3n) is 4.97. The number of amides is 1. The zero-order chi connectivity index (χ0) is 20.1. The van der Waals surface area contributed by atoms with Crippen molar-refractivity contribution in [1.29, 1.82) is 0 Å². The summed E-state index contributed by atoms with van der Waals surface area (Å²) in [6, 6.07) is 9.33. The van der Waals surface area contributed by atoms with Crippen LogP contribution in [0.5, 0.6) is 0 Å². The molecule has 8 nitrogen and oxygen atoms in total. The Morgan fingerprint density at radius 2 is 1.86 bits per heavy atom. The van der Waals surface area contributed by atoms with Gasteiger partial charge in [0.1, 0.15) is 0 Å². The SMILES string of the molecule is CCC(CO)N1CCN(S(=O)(=O)c2ccc(NC(=O)c3ccco3)cc2)CC1. The average Bonchev–Trinajstić information content (AvgIpc) is 3.25. The monoisotopic (exact) mass is 407 g/mol. The molecule has 0 aliphatic carbocycles. The van der Waals surface area contributed by atoms with Crippen molar-refractivity contribution in [2.24, 2.45) is 0 Å². The van der Waals surface area contributed by atoms with Gasteiger partial charge in [-0.25, -0.2) is 8.42 Å². The van der Waals surface area contributed by atoms with Gasteiger partial charge >= 0.3 is 0 Å². The lowest BCUT2D eigenvalue weighted by atomic mass is 10.2. The van der Waals surface area contributed by atoms with Gasteiger partial charge in [-0.1, -0.05) is 6.92 Å². The molecule has 1 aliphatic rings. The number of rotatable bonds is 7. The molecule has 0 spiro atoms. The van der Waals surface area contributed by atoms with Crippen molar-refractivity contribution in [2.45, 2.75) is 24.3 Å². The van der Waals surface area contributed by atoms with Gasteiger partial charge in [0.2, 0.25) is 10.0 Å². The number of carbonyl (C=O) groups is 1. The molecule has 1 fully saturated rings. The molecule has 1 saturated heterocycles. The summed E-state index contributed by atoms with van der Waals surface area (Å²) in [6.45, 7) is 4.04. The highest BCUT2D eigenvalue weighted by Crippen LogP contribution is 2.21. The van der Waals surface area contributed by atoms with E-state index < -0.39 is 15.9 Å². The predicted molar refractivity (Wildman–Crippen MR) is 105 cm³/mol. The Hall–Kier alpha value is -2.20. The van der Waals surface area contributed by atoms with Crippen LogP contribution in [0.15, 0.2) is 52.0 Å². The summed E-state index contributed by atoms with van der Waals surface area (Å²) in [7, 11) is -3.60. The van der Waals surface area contributed by atoms with Crippen molar-refractivity contribution in [3.05, 3.63) is 48.4 Å². The topological polar surface area (TPSA) is 103 Å². The Morgan fingerprint density at radius 1 is 1.18 bits per heavy atom. The first kappa shape index (κ1) is 20.5. The third-order valence-corrected chi connectivity index (χ3v) is 6.88. The average molecular weight is 407 g/mol. The third kappa shape index (κ3) is 4.44. The molecule has 2 N–H and O–H groups in total. The van der Waals surface area contributed by atoms with Gasteiger partial charge in [-0.3, -0.25) is 9.69 Å². The summed E-state index contributed by atoms with van der Waals surface area (Å²) in [5.41, 5.74) is 0.485. The Morgan fingerprint density at radius 3 is 2.39 bits per heavy atom. The van der Waals surface area contributed by atoms with Gasteiger partial charge in [0.05, 0.1) is 17.8 Å². The first-order valence-electron chi connectivity index (χ1n) is 9.25. The van der Waals surface area contributed by atoms with Crippen molar-refractivity contribution in [1.82, 2.24) is 9.21 Å². The molecule has 3 rings (SSSR count). The second-order valence-electron chi connectivity index (χ2n) is 6.64. The van der Waals surface area contributed by atoms with E-state index >= 15 is 0 Å². The predicted octanol–water partition coefficient (Wildman–Crippen LogP) is 1.61. The molecule has 0 radical (unpaired) electrons. The first-order valence-corrected chi connectivity index (χ1v) is 10.7. The Bertz CT molecular complexity index is 869. The minimum Gasteiger partial charge on any atom is -0.459 e. The molecule has 152 valence electrons. The van der Waals surface area contributed by atoms with E-state index in [0.717, 1.165) is 6.42 Å². The highest BCUT2D eigenvalue weighted by atomic mass is 32.2. The number of piperazine rings is 1. The van der Waals surface area contributed by atoms with E-state index in [2.05, 4.69) is 10.2 Å². The van der Waals surface area contributed by atoms with Crippen molar-refractivity contribution in [3.8, 4) is 0 Å². The molecule has 9 heteroatoms. The van der Waals surface area contributed by atoms with E-state index in [0.29, 0.717) is 31.9 Å². The van der Waals surface area contributed by atoms with Gasteiger partial charge in [-0.15, -0.1) is 0 Å². The molecule has 1 aromatic heterocycles. The fraction of sp³-hybridized carbons (Fsp3) is 0.421. The zero-order valence-corrected chi connectivity index (χ0v) is 16.6. The van der Waals surface area contributed by atoms with Gasteiger partial charge in [0.15, 0.2) is 5.76 Å². The molecule has 1 aliphatic heterocycles. The van der Waals surface area contributed by atoms with Crippen molar-refractivity contribution in [3.63, 3.8) is 0 Å². The van der Waals surface area contributed by atoms with E-state index in [1.165, 1.54) is 22.7 Å². The number of furan rings is 1. The quantitative estimate of drug-likeness (QED) is 0.723. The summed E-state index contributed by atoms with van der Waals surface area (Å²) < 4.78 is 32.3. The fourth-order valence-corrected chi connectivity index (χ4v) is 4.69. The normalized spacial score (nSPS) is 17.4. The highest BCUT2D eigenvalue weighted by Gasteiger charge is 2.30. The van der Waals surface area contributed by atoms with Crippen molar-refractivity contribution < 1.29 is 22.7 Å². The lowest BCUT2D eigenvalue weighted by Gasteiger charge is -2.37. The first-order chi connectivity index (χ1) is 13.5. The molecular weight excluding hydrogens is 382 g/mol. The maximum absolute atomic E-state index is 12.9. The second-order valence-corrected chi connectivity index (χ2v) is 8.58. The fourth-order valence-electron chi connectivity index (χ4n) is 3.27. The molecule has 1 aromatic carbocycles. The molecule has 1 unspecified atom stereocenters. The molecule has 0 bridgehead atoms. The molecule has 28 heavy (non-hydrogen) atoms. The maximum Gasteiger partial charge on any atom is 0.291 e. The lowest BCUT2D eigenvalue weighted by Crippen LogP contribution is -2.52. The van der Waals surface area contributed by atoms with E-state index in [1.807, 2.05) is 6.92 Å². The summed E-state index contributed by atoms with van der Waals surface area (Å²) in [5, 5.41) is 12.1. The highest BCUT2D eigenvalue weighted by molar-refractivity contribution is 7.89. The maximum atomic E-state index is 12.9. The number of benzene rings is 1. The number of aliphatic hydroxyl groups is 1. The van der Waals surface area contributed by atoms with Gasteiger partial charge in [0, 0.05) is 37.9 Å². The number of nitrogens with one attached hydrogen (secondary N) is 1. The molecule has 2 heterocycles. The van der Waals surface area contributed by atoms with Gasteiger partial charge in [-0.05, 0) is 42.8 Å². The van der Waals surface area contributed by atoms with Gasteiger partial charge < -0.3 is 14.8 Å². The zero-order valence-electron chi connectivity index (χ0n) is 15.7. The number of sulfonamides is 1. The Labute approximate surface area is 164 Å². The van der Waals surface area contributed by atoms with Crippen LogP contribution in [0.2, 0.25) is 0 Å². The Balaban J connectivity index is 1.63. The van der Waals surface area contributed by atoms with Crippen molar-refractivity contribution >= 4 is 21.6 Å². The van der Waals surface area contributed by atoms with Crippen LogP contribution in [-0.4, -0.2) is 67.5 Å². The summed E-state index contributed by atoms with van der Waals surface area (Å²) in [5.74, 6) is -0.214. The number of anilines is 1. The molecule has 2 aromatic rings. The summed E-state index contributed by atoms with van der Waals surface area (Å²) >= 11 is 0. The molecule has 1 amide bonds. The number of hydrogen-bond donors (Lipinski definition) is 2. The second kappa shape index (κ2) is 8.87. The van der Waals surface area contributed by atoms with Crippen LogP contribution in [0, 0.1) is 0 Å². The number of nitrogens with zero attached hydrogens (tertiary/aromatic N) is 2. The van der Waals surface area contributed by atoms with Crippen LogP contribution in [-0.2, 0) is 10.0 Å². The van der Waals surface area contributed by atoms with Crippen LogP contribution in [0.3, 0.4) is 0 Å².